The number of thioether (sulfide) groups is 1. The van der Waals surface area contributed by atoms with Crippen LogP contribution >= 0.6 is 46.0 Å². The molecule has 0 unspecified atom stereocenters. The smallest absolute Gasteiger partial charge is 0.234 e. The third kappa shape index (κ3) is 5.16. The Bertz CT molecular complexity index is 616. The van der Waals surface area contributed by atoms with E-state index in [-0.39, 0.29) is 17.5 Å². The molecule has 0 saturated heterocycles. The maximum absolute atomic E-state index is 13.6. The number of rotatable bonds is 5. The number of hydrogen-bond acceptors (Lipinski definition) is 2. The lowest BCUT2D eigenvalue weighted by molar-refractivity contribution is -0.113. The summed E-state index contributed by atoms with van der Waals surface area (Å²) < 4.78 is 14.7. The Morgan fingerprint density at radius 3 is 2.62 bits per heavy atom. The molecule has 0 aromatic heterocycles. The summed E-state index contributed by atoms with van der Waals surface area (Å²) in [4.78, 5) is 11.8. The van der Waals surface area contributed by atoms with Crippen LogP contribution in [-0.4, -0.2) is 11.7 Å². The molecule has 1 amide bonds. The van der Waals surface area contributed by atoms with Crippen LogP contribution in [-0.2, 0) is 10.5 Å². The number of amides is 1. The van der Waals surface area contributed by atoms with Crippen LogP contribution in [0.1, 0.15) is 5.56 Å². The van der Waals surface area contributed by atoms with Gasteiger partial charge in [-0.25, -0.2) is 4.39 Å². The fourth-order valence-electron chi connectivity index (χ4n) is 1.65. The highest BCUT2D eigenvalue weighted by Gasteiger charge is 2.08. The maximum Gasteiger partial charge on any atom is 0.234 e. The van der Waals surface area contributed by atoms with Crippen LogP contribution in [0.25, 0.3) is 0 Å². The molecule has 0 atom stereocenters. The molecule has 0 aliphatic heterocycles. The lowest BCUT2D eigenvalue weighted by Crippen LogP contribution is -2.14. The summed E-state index contributed by atoms with van der Waals surface area (Å²) in [6, 6.07) is 12.1. The molecular weight excluding hydrogens is 424 g/mol. The van der Waals surface area contributed by atoms with Crippen molar-refractivity contribution in [3.63, 3.8) is 0 Å². The first-order valence-corrected chi connectivity index (χ1v) is 8.73. The Kier molecular flexibility index (Phi) is 6.32. The maximum atomic E-state index is 13.6. The second kappa shape index (κ2) is 8.00. The first-order chi connectivity index (χ1) is 10.1. The molecule has 0 saturated carbocycles. The third-order valence-corrected chi connectivity index (χ3v) is 4.70. The van der Waals surface area contributed by atoms with Gasteiger partial charge in [0.05, 0.1) is 5.75 Å². The molecule has 21 heavy (non-hydrogen) atoms. The summed E-state index contributed by atoms with van der Waals surface area (Å²) in [6.45, 7) is 0. The highest BCUT2D eigenvalue weighted by Crippen LogP contribution is 2.24. The van der Waals surface area contributed by atoms with E-state index in [1.54, 1.807) is 12.1 Å². The summed E-state index contributed by atoms with van der Waals surface area (Å²) in [7, 11) is 0. The number of carbonyl (C=O) groups excluding carboxylic acids is 1. The predicted octanol–water partition coefficient (Wildman–Crippen LogP) is 4.96. The zero-order valence-corrected chi connectivity index (χ0v) is 14.6. The number of halogens is 3. The molecule has 2 nitrogen and oxygen atoms in total. The Balaban J connectivity index is 1.83. The van der Waals surface area contributed by atoms with Crippen molar-refractivity contribution in [3.8, 4) is 0 Å². The number of hydrogen-bond donors (Lipinski definition) is 1. The van der Waals surface area contributed by atoms with E-state index >= 15 is 0 Å². The number of benzene rings is 2. The van der Waals surface area contributed by atoms with Crippen LogP contribution in [0.4, 0.5) is 10.1 Å². The van der Waals surface area contributed by atoms with Crippen molar-refractivity contribution in [3.05, 3.63) is 62.4 Å². The molecule has 0 fully saturated rings. The lowest BCUT2D eigenvalue weighted by Gasteiger charge is -2.07. The Labute approximate surface area is 145 Å². The van der Waals surface area contributed by atoms with Crippen molar-refractivity contribution < 1.29 is 9.18 Å². The van der Waals surface area contributed by atoms with Crippen LogP contribution in [0.3, 0.4) is 0 Å². The molecular formula is C15H12ClFINOS. The van der Waals surface area contributed by atoms with E-state index in [1.807, 2.05) is 24.3 Å². The predicted molar refractivity (Wildman–Crippen MR) is 95.4 cm³/mol. The van der Waals surface area contributed by atoms with Gasteiger partial charge in [-0.15, -0.1) is 11.8 Å². The zero-order chi connectivity index (χ0) is 15.2. The first-order valence-electron chi connectivity index (χ1n) is 6.12. The third-order valence-electron chi connectivity index (χ3n) is 2.67. The summed E-state index contributed by atoms with van der Waals surface area (Å²) in [6.07, 6.45) is 0. The van der Waals surface area contributed by atoms with Crippen molar-refractivity contribution in [2.75, 3.05) is 11.1 Å². The molecule has 2 rings (SSSR count). The topological polar surface area (TPSA) is 29.1 Å². The van der Waals surface area contributed by atoms with E-state index in [0.717, 1.165) is 9.26 Å². The highest BCUT2D eigenvalue weighted by molar-refractivity contribution is 14.1. The summed E-state index contributed by atoms with van der Waals surface area (Å²) in [5.41, 5.74) is 1.19. The van der Waals surface area contributed by atoms with Crippen LogP contribution in [0, 0.1) is 9.39 Å². The molecule has 0 spiro atoms. The number of nitrogens with one attached hydrogen (secondary N) is 1. The van der Waals surface area contributed by atoms with Gasteiger partial charge in [0.15, 0.2) is 0 Å². The zero-order valence-electron chi connectivity index (χ0n) is 10.9. The van der Waals surface area contributed by atoms with Crippen molar-refractivity contribution in [2.45, 2.75) is 5.75 Å². The standard InChI is InChI=1S/C15H12ClFINOS/c16-13-2-1-3-14(17)12(13)8-21-9-15(20)19-11-6-4-10(18)5-7-11/h1-7H,8-9H2,(H,19,20). The Morgan fingerprint density at radius 2 is 1.95 bits per heavy atom. The van der Waals surface area contributed by atoms with Crippen molar-refractivity contribution in [1.29, 1.82) is 0 Å². The van der Waals surface area contributed by atoms with Crippen LogP contribution in [0.15, 0.2) is 42.5 Å². The van der Waals surface area contributed by atoms with Gasteiger partial charge in [0.1, 0.15) is 5.82 Å². The molecule has 2 aromatic carbocycles. The molecule has 0 bridgehead atoms. The van der Waals surface area contributed by atoms with E-state index in [1.165, 1.54) is 17.8 Å². The summed E-state index contributed by atoms with van der Waals surface area (Å²) in [5, 5.41) is 3.18. The summed E-state index contributed by atoms with van der Waals surface area (Å²) >= 11 is 9.46. The Hall–Kier alpha value is -0.790. The van der Waals surface area contributed by atoms with Gasteiger partial charge in [-0.05, 0) is 59.0 Å². The van der Waals surface area contributed by atoms with Crippen molar-refractivity contribution >= 4 is 57.5 Å². The highest BCUT2D eigenvalue weighted by atomic mass is 127. The van der Waals surface area contributed by atoms with Crippen molar-refractivity contribution in [2.24, 2.45) is 0 Å². The molecule has 0 radical (unpaired) electrons. The lowest BCUT2D eigenvalue weighted by atomic mass is 10.2. The number of carbonyl (C=O) groups is 1. The van der Waals surface area contributed by atoms with Gasteiger partial charge >= 0.3 is 0 Å². The van der Waals surface area contributed by atoms with E-state index in [2.05, 4.69) is 27.9 Å². The minimum Gasteiger partial charge on any atom is -0.325 e. The molecule has 0 aliphatic rings. The molecule has 0 aliphatic carbocycles. The molecule has 0 heterocycles. The fraction of sp³-hybridized carbons (Fsp3) is 0.133. The quantitative estimate of drug-likeness (QED) is 0.673. The van der Waals surface area contributed by atoms with Gasteiger partial charge in [-0.1, -0.05) is 17.7 Å². The second-order valence-electron chi connectivity index (χ2n) is 4.25. The van der Waals surface area contributed by atoms with Gasteiger partial charge in [0.25, 0.3) is 0 Å². The van der Waals surface area contributed by atoms with E-state index in [0.29, 0.717) is 16.3 Å². The summed E-state index contributed by atoms with van der Waals surface area (Å²) in [5.74, 6) is 0.157. The monoisotopic (exact) mass is 435 g/mol. The van der Waals surface area contributed by atoms with Crippen LogP contribution < -0.4 is 5.32 Å². The van der Waals surface area contributed by atoms with Gasteiger partial charge in [0, 0.05) is 25.6 Å². The second-order valence-corrected chi connectivity index (χ2v) is 6.89. The normalized spacial score (nSPS) is 10.4. The molecule has 1 N–H and O–H groups in total. The first kappa shape index (κ1) is 16.6. The minimum atomic E-state index is -0.340. The van der Waals surface area contributed by atoms with E-state index < -0.39 is 0 Å². The van der Waals surface area contributed by atoms with Crippen molar-refractivity contribution in [1.82, 2.24) is 0 Å². The van der Waals surface area contributed by atoms with Gasteiger partial charge < -0.3 is 5.32 Å². The minimum absolute atomic E-state index is 0.117. The largest absolute Gasteiger partial charge is 0.325 e. The molecule has 2 aromatic rings. The van der Waals surface area contributed by atoms with Gasteiger partial charge in [-0.3, -0.25) is 4.79 Å². The van der Waals surface area contributed by atoms with E-state index in [9.17, 15) is 9.18 Å². The average molecular weight is 436 g/mol. The van der Waals surface area contributed by atoms with Gasteiger partial charge in [0.2, 0.25) is 5.91 Å². The fourth-order valence-corrected chi connectivity index (χ4v) is 3.17. The molecule has 6 heteroatoms. The van der Waals surface area contributed by atoms with Crippen LogP contribution in [0.5, 0.6) is 0 Å². The van der Waals surface area contributed by atoms with E-state index in [4.69, 9.17) is 11.6 Å². The average Bonchev–Trinajstić information content (AvgIpc) is 2.45. The SMILES string of the molecule is O=C(CSCc1c(F)cccc1Cl)Nc1ccc(I)cc1. The molecule has 110 valence electrons. The van der Waals surface area contributed by atoms with Gasteiger partial charge in [-0.2, -0.15) is 0 Å². The van der Waals surface area contributed by atoms with Crippen LogP contribution in [0.2, 0.25) is 5.02 Å². The Morgan fingerprint density at radius 1 is 1.24 bits per heavy atom. The number of anilines is 1.